The van der Waals surface area contributed by atoms with Crippen LogP contribution in [0.1, 0.15) is 30.0 Å². The van der Waals surface area contributed by atoms with Gasteiger partial charge in [0.05, 0.1) is 17.9 Å². The molecule has 0 spiro atoms. The van der Waals surface area contributed by atoms with Gasteiger partial charge in [0.1, 0.15) is 5.69 Å². The molecule has 0 radical (unpaired) electrons. The molecule has 1 rings (SSSR count). The molecule has 1 heterocycles. The van der Waals surface area contributed by atoms with Gasteiger partial charge in [-0.05, 0) is 20.8 Å². The molecule has 0 saturated heterocycles. The van der Waals surface area contributed by atoms with Gasteiger partial charge in [0.2, 0.25) is 5.91 Å². The summed E-state index contributed by atoms with van der Waals surface area (Å²) in [6.07, 6.45) is 0. The van der Waals surface area contributed by atoms with Crippen molar-refractivity contribution in [2.75, 3.05) is 25.9 Å². The summed E-state index contributed by atoms with van der Waals surface area (Å²) in [5, 5.41) is 6.74. The van der Waals surface area contributed by atoms with Gasteiger partial charge in [-0.2, -0.15) is 5.10 Å². The zero-order chi connectivity index (χ0) is 14.6. The van der Waals surface area contributed by atoms with E-state index in [0.717, 1.165) is 0 Å². The lowest BCUT2D eigenvalue weighted by Gasteiger charge is -2.15. The van der Waals surface area contributed by atoms with Crippen molar-refractivity contribution in [3.8, 4) is 0 Å². The summed E-state index contributed by atoms with van der Waals surface area (Å²) >= 11 is 0. The largest absolute Gasteiger partial charge is 0.395 e. The van der Waals surface area contributed by atoms with Crippen molar-refractivity contribution in [2.24, 2.45) is 0 Å². The van der Waals surface area contributed by atoms with E-state index >= 15 is 0 Å². The lowest BCUT2D eigenvalue weighted by Crippen LogP contribution is -2.38. The molecule has 106 valence electrons. The lowest BCUT2D eigenvalue weighted by molar-refractivity contribution is -0.128. The fourth-order valence-corrected chi connectivity index (χ4v) is 1.61. The van der Waals surface area contributed by atoms with Gasteiger partial charge < -0.3 is 16.0 Å². The Bertz CT molecular complexity index is 481. The minimum Gasteiger partial charge on any atom is -0.395 e. The van der Waals surface area contributed by atoms with Gasteiger partial charge in [-0.3, -0.25) is 14.3 Å². The molecule has 0 aromatic carbocycles. The first-order valence-corrected chi connectivity index (χ1v) is 6.27. The van der Waals surface area contributed by atoms with E-state index in [-0.39, 0.29) is 18.4 Å². The first-order chi connectivity index (χ1) is 8.92. The fourth-order valence-electron chi connectivity index (χ4n) is 1.61. The predicted molar refractivity (Wildman–Crippen MR) is 72.7 cm³/mol. The number of hydrogen-bond donors (Lipinski definition) is 2. The SMILES string of the molecule is CCN(C)C(=O)CNC(=O)c1c(N)c(C)nn1CC. The number of aryl methyl sites for hydroxylation is 2. The number of aromatic nitrogens is 2. The summed E-state index contributed by atoms with van der Waals surface area (Å²) in [5.41, 5.74) is 7.12. The average molecular weight is 267 g/mol. The summed E-state index contributed by atoms with van der Waals surface area (Å²) in [4.78, 5) is 25.2. The van der Waals surface area contributed by atoms with E-state index in [1.165, 1.54) is 9.58 Å². The third kappa shape index (κ3) is 3.24. The number of nitrogens with one attached hydrogen (secondary N) is 1. The molecule has 1 aromatic heterocycles. The smallest absolute Gasteiger partial charge is 0.272 e. The number of likely N-dealkylation sites (N-methyl/N-ethyl adjacent to an activating group) is 1. The highest BCUT2D eigenvalue weighted by atomic mass is 16.2. The van der Waals surface area contributed by atoms with E-state index in [1.54, 1.807) is 14.0 Å². The second kappa shape index (κ2) is 6.21. The second-order valence-corrected chi connectivity index (χ2v) is 4.25. The summed E-state index contributed by atoms with van der Waals surface area (Å²) < 4.78 is 1.54. The Balaban J connectivity index is 2.77. The van der Waals surface area contributed by atoms with Crippen LogP contribution in [0.3, 0.4) is 0 Å². The molecule has 7 heteroatoms. The standard InChI is InChI=1S/C12H21N5O2/c1-5-16(4)9(18)7-14-12(19)11-10(13)8(3)15-17(11)6-2/h5-7,13H2,1-4H3,(H,14,19). The molecule has 19 heavy (non-hydrogen) atoms. The van der Waals surface area contributed by atoms with Crippen LogP contribution < -0.4 is 11.1 Å². The Labute approximate surface area is 112 Å². The molecule has 3 N–H and O–H groups in total. The number of nitrogens with two attached hydrogens (primary N) is 1. The van der Waals surface area contributed by atoms with Crippen LogP contribution in [0, 0.1) is 6.92 Å². The fraction of sp³-hybridized carbons (Fsp3) is 0.583. The van der Waals surface area contributed by atoms with Gasteiger partial charge >= 0.3 is 0 Å². The highest BCUT2D eigenvalue weighted by Crippen LogP contribution is 2.15. The van der Waals surface area contributed by atoms with Crippen LogP contribution in [0.2, 0.25) is 0 Å². The summed E-state index contributed by atoms with van der Waals surface area (Å²) in [6, 6.07) is 0. The summed E-state index contributed by atoms with van der Waals surface area (Å²) in [7, 11) is 1.68. The first kappa shape index (κ1) is 15.0. The van der Waals surface area contributed by atoms with E-state index in [2.05, 4.69) is 10.4 Å². The van der Waals surface area contributed by atoms with E-state index in [4.69, 9.17) is 5.73 Å². The number of hydrogen-bond acceptors (Lipinski definition) is 4. The molecular weight excluding hydrogens is 246 g/mol. The van der Waals surface area contributed by atoms with Crippen LogP contribution in [0.4, 0.5) is 5.69 Å². The van der Waals surface area contributed by atoms with E-state index < -0.39 is 0 Å². The molecule has 2 amide bonds. The van der Waals surface area contributed by atoms with Gasteiger partial charge in [0, 0.05) is 20.1 Å². The Kier molecular flexibility index (Phi) is 4.91. The quantitative estimate of drug-likeness (QED) is 0.785. The topological polar surface area (TPSA) is 93.2 Å². The third-order valence-electron chi connectivity index (χ3n) is 2.99. The van der Waals surface area contributed by atoms with Crippen molar-refractivity contribution in [1.29, 1.82) is 0 Å². The second-order valence-electron chi connectivity index (χ2n) is 4.25. The van der Waals surface area contributed by atoms with Gasteiger partial charge in [-0.25, -0.2) is 0 Å². The van der Waals surface area contributed by atoms with Crippen LogP contribution in [-0.4, -0.2) is 46.6 Å². The van der Waals surface area contributed by atoms with Crippen molar-refractivity contribution >= 4 is 17.5 Å². The Morgan fingerprint density at radius 3 is 2.58 bits per heavy atom. The summed E-state index contributed by atoms with van der Waals surface area (Å²) in [6.45, 7) is 6.59. The van der Waals surface area contributed by atoms with Crippen LogP contribution in [0.15, 0.2) is 0 Å². The maximum absolute atomic E-state index is 12.1. The molecular formula is C12H21N5O2. The van der Waals surface area contributed by atoms with Crippen LogP contribution in [0.25, 0.3) is 0 Å². The highest BCUT2D eigenvalue weighted by Gasteiger charge is 2.19. The number of nitrogen functional groups attached to an aromatic ring is 1. The first-order valence-electron chi connectivity index (χ1n) is 6.27. The molecule has 0 bridgehead atoms. The molecule has 0 saturated carbocycles. The molecule has 0 aliphatic rings. The lowest BCUT2D eigenvalue weighted by atomic mass is 10.3. The molecule has 1 aromatic rings. The van der Waals surface area contributed by atoms with Gasteiger partial charge in [-0.1, -0.05) is 0 Å². The zero-order valence-electron chi connectivity index (χ0n) is 11.9. The zero-order valence-corrected chi connectivity index (χ0v) is 11.9. The molecule has 0 aliphatic heterocycles. The molecule has 0 aliphatic carbocycles. The minimum absolute atomic E-state index is 0.0451. The van der Waals surface area contributed by atoms with E-state index in [1.807, 2.05) is 13.8 Å². The average Bonchev–Trinajstić information content (AvgIpc) is 2.70. The third-order valence-corrected chi connectivity index (χ3v) is 2.99. The molecule has 0 atom stereocenters. The van der Waals surface area contributed by atoms with Crippen molar-refractivity contribution in [2.45, 2.75) is 27.3 Å². The van der Waals surface area contributed by atoms with Gasteiger partial charge in [0.15, 0.2) is 0 Å². The van der Waals surface area contributed by atoms with E-state index in [0.29, 0.717) is 30.2 Å². The number of anilines is 1. The number of nitrogens with zero attached hydrogens (tertiary/aromatic N) is 3. The van der Waals surface area contributed by atoms with Crippen LogP contribution in [0.5, 0.6) is 0 Å². The van der Waals surface area contributed by atoms with E-state index in [9.17, 15) is 9.59 Å². The monoisotopic (exact) mass is 267 g/mol. The maximum atomic E-state index is 12.1. The Morgan fingerprint density at radius 2 is 2.05 bits per heavy atom. The van der Waals surface area contributed by atoms with Crippen LogP contribution in [-0.2, 0) is 11.3 Å². The molecule has 7 nitrogen and oxygen atoms in total. The molecule has 0 unspecified atom stereocenters. The van der Waals surface area contributed by atoms with Crippen molar-refractivity contribution in [3.05, 3.63) is 11.4 Å². The number of amides is 2. The van der Waals surface area contributed by atoms with Crippen molar-refractivity contribution in [3.63, 3.8) is 0 Å². The van der Waals surface area contributed by atoms with Crippen LogP contribution >= 0.6 is 0 Å². The van der Waals surface area contributed by atoms with Crippen molar-refractivity contribution in [1.82, 2.24) is 20.0 Å². The minimum atomic E-state index is -0.377. The number of carbonyl (C=O) groups excluding carboxylic acids is 2. The highest BCUT2D eigenvalue weighted by molar-refractivity contribution is 5.99. The van der Waals surface area contributed by atoms with Gasteiger partial charge in [0.25, 0.3) is 5.91 Å². The normalized spacial score (nSPS) is 10.3. The number of carbonyl (C=O) groups is 2. The van der Waals surface area contributed by atoms with Gasteiger partial charge in [-0.15, -0.1) is 0 Å². The van der Waals surface area contributed by atoms with Crippen molar-refractivity contribution < 1.29 is 9.59 Å². The predicted octanol–water partition coefficient (Wildman–Crippen LogP) is 0.00172. The Hall–Kier alpha value is -2.05. The Morgan fingerprint density at radius 1 is 1.42 bits per heavy atom. The maximum Gasteiger partial charge on any atom is 0.272 e. The summed E-state index contributed by atoms with van der Waals surface area (Å²) in [5.74, 6) is -0.522. The molecule has 0 fully saturated rings. The number of rotatable bonds is 5.